The van der Waals surface area contributed by atoms with Crippen molar-refractivity contribution in [2.45, 2.75) is 51.1 Å². The summed E-state index contributed by atoms with van der Waals surface area (Å²) >= 11 is 1.91. The Morgan fingerprint density at radius 1 is 1.25 bits per heavy atom. The first-order valence-corrected chi connectivity index (χ1v) is 9.53. The summed E-state index contributed by atoms with van der Waals surface area (Å²) in [6, 6.07) is 4.84. The summed E-state index contributed by atoms with van der Waals surface area (Å²) in [4.78, 5) is 6.33. The Morgan fingerprint density at radius 3 is 2.79 bits per heavy atom. The molecule has 2 aliphatic rings. The number of hydrogen-bond acceptors (Lipinski definition) is 5. The van der Waals surface area contributed by atoms with Crippen LogP contribution in [0.4, 0.5) is 0 Å². The first-order valence-electron chi connectivity index (χ1n) is 8.71. The number of benzene rings is 1. The van der Waals surface area contributed by atoms with Gasteiger partial charge in [-0.2, -0.15) is 0 Å². The molecule has 0 amide bonds. The van der Waals surface area contributed by atoms with Crippen LogP contribution in [-0.2, 0) is 19.4 Å². The van der Waals surface area contributed by atoms with Crippen molar-refractivity contribution in [2.24, 2.45) is 0 Å². The van der Waals surface area contributed by atoms with Gasteiger partial charge >= 0.3 is 0 Å². The van der Waals surface area contributed by atoms with Crippen LogP contribution in [0.2, 0.25) is 0 Å². The summed E-state index contributed by atoms with van der Waals surface area (Å²) in [7, 11) is 3.41. The third-order valence-corrected chi connectivity index (χ3v) is 6.40. The van der Waals surface area contributed by atoms with E-state index in [0.29, 0.717) is 12.0 Å². The van der Waals surface area contributed by atoms with Crippen LogP contribution in [0.5, 0.6) is 11.5 Å². The highest BCUT2D eigenvalue weighted by Gasteiger charge is 2.37. The van der Waals surface area contributed by atoms with E-state index in [4.69, 9.17) is 14.5 Å². The van der Waals surface area contributed by atoms with Gasteiger partial charge in [0.25, 0.3) is 0 Å². The van der Waals surface area contributed by atoms with Gasteiger partial charge in [0.2, 0.25) is 0 Å². The van der Waals surface area contributed by atoms with Crippen molar-refractivity contribution < 1.29 is 9.47 Å². The second kappa shape index (κ2) is 6.37. The maximum absolute atomic E-state index is 5.56. The van der Waals surface area contributed by atoms with Crippen LogP contribution < -0.4 is 14.8 Å². The number of nitrogens with zero attached hydrogens (tertiary/aromatic N) is 1. The molecule has 5 heteroatoms. The lowest BCUT2D eigenvalue weighted by atomic mass is 9.76. The monoisotopic (exact) mass is 344 g/mol. The third kappa shape index (κ3) is 2.50. The van der Waals surface area contributed by atoms with Crippen LogP contribution in [0.25, 0.3) is 0 Å². The summed E-state index contributed by atoms with van der Waals surface area (Å²) < 4.78 is 11.0. The van der Waals surface area contributed by atoms with E-state index in [2.05, 4.69) is 24.4 Å². The van der Waals surface area contributed by atoms with Gasteiger partial charge in [-0.25, -0.2) is 4.98 Å². The number of rotatable bonds is 4. The Balaban J connectivity index is 1.82. The van der Waals surface area contributed by atoms with Crippen molar-refractivity contribution in [3.05, 3.63) is 38.8 Å². The molecule has 4 nitrogen and oxygen atoms in total. The fourth-order valence-electron chi connectivity index (χ4n) is 4.01. The standard InChI is InChI=1S/C19H24N2O2S/c1-4-5-17-21-14-10-20-13-7-6-11-8-15(22-2)16(23-3)9-12(11)18(13)19(14)24-17/h8-9,13,18,20H,4-7,10H2,1-3H3/t13-,18-/m0/s1. The molecule has 0 spiro atoms. The van der Waals surface area contributed by atoms with Crippen molar-refractivity contribution in [2.75, 3.05) is 14.2 Å². The van der Waals surface area contributed by atoms with Gasteiger partial charge in [0.1, 0.15) is 0 Å². The van der Waals surface area contributed by atoms with Gasteiger partial charge in [0, 0.05) is 23.4 Å². The normalized spacial score (nSPS) is 21.6. The molecule has 1 aliphatic heterocycles. The first-order chi connectivity index (χ1) is 11.7. The van der Waals surface area contributed by atoms with Gasteiger partial charge in [-0.3, -0.25) is 0 Å². The highest BCUT2D eigenvalue weighted by Crippen LogP contribution is 2.46. The van der Waals surface area contributed by atoms with Crippen LogP contribution in [0.3, 0.4) is 0 Å². The lowest BCUT2D eigenvalue weighted by molar-refractivity contribution is 0.349. The number of aromatic nitrogens is 1. The maximum atomic E-state index is 5.56. The molecule has 2 aromatic rings. The van der Waals surface area contributed by atoms with E-state index in [0.717, 1.165) is 43.7 Å². The van der Waals surface area contributed by atoms with Gasteiger partial charge in [-0.05, 0) is 48.9 Å². The zero-order valence-electron chi connectivity index (χ0n) is 14.5. The minimum Gasteiger partial charge on any atom is -0.493 e. The number of fused-ring (bicyclic) bond motifs is 5. The molecule has 128 valence electrons. The van der Waals surface area contributed by atoms with E-state index < -0.39 is 0 Å². The quantitative estimate of drug-likeness (QED) is 0.919. The molecule has 1 aliphatic carbocycles. The average molecular weight is 344 g/mol. The summed E-state index contributed by atoms with van der Waals surface area (Å²) in [5.74, 6) is 2.04. The highest BCUT2D eigenvalue weighted by atomic mass is 32.1. The van der Waals surface area contributed by atoms with Crippen molar-refractivity contribution in [3.8, 4) is 11.5 Å². The predicted molar refractivity (Wildman–Crippen MR) is 96.4 cm³/mol. The van der Waals surface area contributed by atoms with Crippen LogP contribution in [0, 0.1) is 0 Å². The van der Waals surface area contributed by atoms with Gasteiger partial charge < -0.3 is 14.8 Å². The topological polar surface area (TPSA) is 43.4 Å². The zero-order valence-corrected chi connectivity index (χ0v) is 15.3. The van der Waals surface area contributed by atoms with E-state index >= 15 is 0 Å². The molecule has 2 atom stereocenters. The van der Waals surface area contributed by atoms with Gasteiger partial charge in [-0.1, -0.05) is 6.92 Å². The van der Waals surface area contributed by atoms with Crippen molar-refractivity contribution in [1.82, 2.24) is 10.3 Å². The molecule has 0 saturated heterocycles. The molecular weight excluding hydrogens is 320 g/mol. The zero-order chi connectivity index (χ0) is 16.7. The summed E-state index contributed by atoms with van der Waals surface area (Å²) in [5.41, 5.74) is 4.00. The minimum atomic E-state index is 0.389. The fourth-order valence-corrected chi connectivity index (χ4v) is 5.38. The Labute approximate surface area is 147 Å². The molecule has 1 aromatic heterocycles. The molecule has 2 heterocycles. The largest absolute Gasteiger partial charge is 0.493 e. The maximum Gasteiger partial charge on any atom is 0.161 e. The second-order valence-corrected chi connectivity index (χ2v) is 7.69. The van der Waals surface area contributed by atoms with E-state index in [-0.39, 0.29) is 0 Å². The Bertz CT molecular complexity index is 756. The van der Waals surface area contributed by atoms with Crippen molar-refractivity contribution >= 4 is 11.3 Å². The molecule has 24 heavy (non-hydrogen) atoms. The summed E-state index contributed by atoms with van der Waals surface area (Å²) in [6.45, 7) is 3.12. The SMILES string of the molecule is CCCc1nc2c(s1)[C@H]1c3cc(OC)c(OC)cc3CC[C@@H]1NC2. The third-order valence-electron chi connectivity index (χ3n) is 5.16. The highest BCUT2D eigenvalue weighted by molar-refractivity contribution is 7.11. The summed E-state index contributed by atoms with van der Waals surface area (Å²) in [6.07, 6.45) is 4.47. The van der Waals surface area contributed by atoms with Gasteiger partial charge in [-0.15, -0.1) is 11.3 Å². The van der Waals surface area contributed by atoms with Crippen molar-refractivity contribution in [3.63, 3.8) is 0 Å². The smallest absolute Gasteiger partial charge is 0.161 e. The minimum absolute atomic E-state index is 0.389. The van der Waals surface area contributed by atoms with Gasteiger partial charge in [0.05, 0.1) is 24.9 Å². The average Bonchev–Trinajstić information content (AvgIpc) is 3.03. The second-order valence-electron chi connectivity index (χ2n) is 6.58. The van der Waals surface area contributed by atoms with Crippen molar-refractivity contribution in [1.29, 1.82) is 0 Å². The summed E-state index contributed by atoms with van der Waals surface area (Å²) in [5, 5.41) is 4.99. The molecule has 0 bridgehead atoms. The van der Waals surface area contributed by atoms with Crippen LogP contribution in [0.15, 0.2) is 12.1 Å². The molecule has 4 rings (SSSR count). The van der Waals surface area contributed by atoms with Gasteiger partial charge in [0.15, 0.2) is 11.5 Å². The number of nitrogens with one attached hydrogen (secondary N) is 1. The predicted octanol–water partition coefficient (Wildman–Crippen LogP) is 3.66. The Morgan fingerprint density at radius 2 is 2.04 bits per heavy atom. The molecular formula is C19H24N2O2S. The fraction of sp³-hybridized carbons (Fsp3) is 0.526. The molecule has 0 saturated carbocycles. The molecule has 1 N–H and O–H groups in total. The van der Waals surface area contributed by atoms with E-state index in [9.17, 15) is 0 Å². The molecule has 0 unspecified atom stereocenters. The lowest BCUT2D eigenvalue weighted by Gasteiger charge is -2.37. The van der Waals surface area contributed by atoms with E-state index in [1.54, 1.807) is 14.2 Å². The molecule has 0 radical (unpaired) electrons. The molecule has 1 aromatic carbocycles. The van der Waals surface area contributed by atoms with Crippen LogP contribution >= 0.6 is 11.3 Å². The Kier molecular flexibility index (Phi) is 4.22. The lowest BCUT2D eigenvalue weighted by Crippen LogP contribution is -2.42. The number of aryl methyl sites for hydroxylation is 2. The first kappa shape index (κ1) is 15.9. The van der Waals surface area contributed by atoms with E-state index in [1.807, 2.05) is 11.3 Å². The number of thiazole rings is 1. The van der Waals surface area contributed by atoms with E-state index in [1.165, 1.54) is 26.7 Å². The number of ether oxygens (including phenoxy) is 2. The number of hydrogen-bond donors (Lipinski definition) is 1. The molecule has 0 fully saturated rings. The Hall–Kier alpha value is -1.59. The number of methoxy groups -OCH3 is 2. The van der Waals surface area contributed by atoms with Crippen LogP contribution in [0.1, 0.15) is 52.4 Å². The van der Waals surface area contributed by atoms with Crippen LogP contribution in [-0.4, -0.2) is 25.2 Å².